The number of rotatable bonds is 6. The van der Waals surface area contributed by atoms with Crippen molar-refractivity contribution in [2.24, 2.45) is 0 Å². The van der Waals surface area contributed by atoms with Crippen LogP contribution in [0.3, 0.4) is 0 Å². The molecule has 1 aliphatic carbocycles. The number of nitrogens with zero attached hydrogens (tertiary/aromatic N) is 9. The molecule has 39 heavy (non-hydrogen) atoms. The second-order valence-electron chi connectivity index (χ2n) is 10.1. The molecule has 0 radical (unpaired) electrons. The van der Waals surface area contributed by atoms with E-state index in [1.807, 2.05) is 6.92 Å². The molecule has 2 aromatic heterocycles. The Balaban J connectivity index is 1.24. The Kier molecular flexibility index (Phi) is 6.25. The summed E-state index contributed by atoms with van der Waals surface area (Å²) in [7, 11) is 0. The minimum atomic E-state index is -0.882. The largest absolute Gasteiger partial charge is 0.465 e. The van der Waals surface area contributed by atoms with Gasteiger partial charge in [-0.3, -0.25) is 4.90 Å². The standard InChI is InChI=1S/C25H26ClN11O2/c1-14-20(13-36(14)25(38)39)35-6-4-34(5-7-35)19-9-15(10-27)8-18(21(19)26)31-24-32-22(30-16-2-3-16)23-29-12-17(11-28)37(23)33-24/h8-9,12,14,16,20H,2-7,13H2,1H3,(H,38,39)(H2,30,31,32,33). The molecule has 1 amide bonds. The molecule has 4 heterocycles. The van der Waals surface area contributed by atoms with Gasteiger partial charge in [0.1, 0.15) is 6.07 Å². The summed E-state index contributed by atoms with van der Waals surface area (Å²) in [6.45, 7) is 5.33. The van der Waals surface area contributed by atoms with Crippen LogP contribution in [0.15, 0.2) is 18.3 Å². The second-order valence-corrected chi connectivity index (χ2v) is 10.4. The highest BCUT2D eigenvalue weighted by molar-refractivity contribution is 6.36. The topological polar surface area (TPSA) is 162 Å². The normalized spacial score (nSPS) is 21.2. The van der Waals surface area contributed by atoms with Gasteiger partial charge < -0.3 is 25.5 Å². The molecule has 6 rings (SSSR count). The van der Waals surface area contributed by atoms with E-state index in [0.29, 0.717) is 53.4 Å². The van der Waals surface area contributed by atoms with Crippen molar-refractivity contribution < 1.29 is 9.90 Å². The highest BCUT2D eigenvalue weighted by Crippen LogP contribution is 2.37. The lowest BCUT2D eigenvalue weighted by molar-refractivity contribution is -0.0106. The van der Waals surface area contributed by atoms with E-state index >= 15 is 0 Å². The molecule has 2 saturated heterocycles. The van der Waals surface area contributed by atoms with Crippen LogP contribution < -0.4 is 15.5 Å². The Morgan fingerprint density at radius 2 is 1.95 bits per heavy atom. The van der Waals surface area contributed by atoms with Crippen molar-refractivity contribution in [2.75, 3.05) is 48.3 Å². The summed E-state index contributed by atoms with van der Waals surface area (Å²) in [5, 5.41) is 39.9. The van der Waals surface area contributed by atoms with Crippen LogP contribution in [0.4, 0.5) is 27.9 Å². The van der Waals surface area contributed by atoms with Gasteiger partial charge in [-0.05, 0) is 31.9 Å². The molecule has 2 atom stereocenters. The number of hydrogen-bond acceptors (Lipinski definition) is 10. The monoisotopic (exact) mass is 547 g/mol. The molecule has 3 fully saturated rings. The number of amides is 1. The van der Waals surface area contributed by atoms with Crippen LogP contribution in [-0.4, -0.2) is 91.4 Å². The van der Waals surface area contributed by atoms with Gasteiger partial charge in [-0.15, -0.1) is 5.10 Å². The molecular weight excluding hydrogens is 522 g/mol. The number of imidazole rings is 1. The van der Waals surface area contributed by atoms with Gasteiger partial charge >= 0.3 is 6.09 Å². The van der Waals surface area contributed by atoms with E-state index in [1.165, 1.54) is 15.6 Å². The number of hydrogen-bond donors (Lipinski definition) is 3. The van der Waals surface area contributed by atoms with Gasteiger partial charge in [0.15, 0.2) is 17.2 Å². The zero-order chi connectivity index (χ0) is 27.3. The smallest absolute Gasteiger partial charge is 0.407 e. The molecule has 3 aliphatic rings. The highest BCUT2D eigenvalue weighted by Gasteiger charge is 2.43. The Morgan fingerprint density at radius 3 is 2.59 bits per heavy atom. The summed E-state index contributed by atoms with van der Waals surface area (Å²) in [4.78, 5) is 26.1. The van der Waals surface area contributed by atoms with Gasteiger partial charge in [-0.25, -0.2) is 9.78 Å². The number of carboxylic acid groups (broad SMARTS) is 1. The van der Waals surface area contributed by atoms with Crippen molar-refractivity contribution in [1.82, 2.24) is 29.4 Å². The first-order valence-electron chi connectivity index (χ1n) is 12.8. The minimum Gasteiger partial charge on any atom is -0.465 e. The van der Waals surface area contributed by atoms with Crippen LogP contribution in [-0.2, 0) is 0 Å². The van der Waals surface area contributed by atoms with E-state index in [2.05, 4.69) is 47.6 Å². The number of aromatic nitrogens is 4. The first-order chi connectivity index (χ1) is 18.9. The Bertz CT molecular complexity index is 1530. The lowest BCUT2D eigenvalue weighted by Gasteiger charge is -2.52. The first kappa shape index (κ1) is 25.0. The highest BCUT2D eigenvalue weighted by atomic mass is 35.5. The number of fused-ring (bicyclic) bond motifs is 1. The van der Waals surface area contributed by atoms with Gasteiger partial charge in [-0.1, -0.05) is 11.6 Å². The third-order valence-electron chi connectivity index (χ3n) is 7.63. The number of benzene rings is 1. The van der Waals surface area contributed by atoms with Gasteiger partial charge in [0.25, 0.3) is 0 Å². The van der Waals surface area contributed by atoms with Crippen molar-refractivity contribution in [3.05, 3.63) is 34.6 Å². The molecule has 1 saturated carbocycles. The minimum absolute atomic E-state index is 0.0379. The molecule has 3 N–H and O–H groups in total. The zero-order valence-corrected chi connectivity index (χ0v) is 21.9. The molecule has 0 spiro atoms. The molecule has 2 unspecified atom stereocenters. The SMILES string of the molecule is CC1C(N2CCN(c3cc(C#N)cc(Nc4nc(NC5CC5)c5ncc(C#N)n5n4)c3Cl)CC2)CN1C(=O)O. The predicted molar refractivity (Wildman–Crippen MR) is 143 cm³/mol. The number of nitriles is 2. The molecule has 13 nitrogen and oxygen atoms in total. The predicted octanol–water partition coefficient (Wildman–Crippen LogP) is 2.71. The summed E-state index contributed by atoms with van der Waals surface area (Å²) in [6, 6.07) is 8.20. The number of anilines is 4. The van der Waals surface area contributed by atoms with E-state index in [-0.39, 0.29) is 23.7 Å². The zero-order valence-electron chi connectivity index (χ0n) is 21.2. The van der Waals surface area contributed by atoms with Crippen molar-refractivity contribution in [3.63, 3.8) is 0 Å². The Labute approximate surface area is 229 Å². The van der Waals surface area contributed by atoms with E-state index in [4.69, 9.17) is 11.6 Å². The Morgan fingerprint density at radius 1 is 1.18 bits per heavy atom. The van der Waals surface area contributed by atoms with Crippen LogP contribution in [0.2, 0.25) is 5.02 Å². The van der Waals surface area contributed by atoms with Crippen molar-refractivity contribution in [2.45, 2.75) is 37.9 Å². The summed E-state index contributed by atoms with van der Waals surface area (Å²) in [5.41, 5.74) is 2.38. The first-order valence-corrected chi connectivity index (χ1v) is 13.2. The second kappa shape index (κ2) is 9.76. The number of nitrogens with one attached hydrogen (secondary N) is 2. The summed E-state index contributed by atoms with van der Waals surface area (Å²) in [5.74, 6) is 0.738. The van der Waals surface area contributed by atoms with Crippen LogP contribution in [0, 0.1) is 22.7 Å². The molecule has 1 aromatic carbocycles. The van der Waals surface area contributed by atoms with Gasteiger partial charge in [0.05, 0.1) is 34.2 Å². The van der Waals surface area contributed by atoms with Crippen LogP contribution in [0.25, 0.3) is 5.65 Å². The van der Waals surface area contributed by atoms with Crippen molar-refractivity contribution in [3.8, 4) is 12.1 Å². The fraction of sp³-hybridized carbons (Fsp3) is 0.440. The number of piperazine rings is 1. The lowest BCUT2D eigenvalue weighted by atomic mass is 9.96. The maximum atomic E-state index is 11.3. The van der Waals surface area contributed by atoms with Crippen LogP contribution in [0.1, 0.15) is 31.0 Å². The molecule has 14 heteroatoms. The number of halogens is 1. The van der Waals surface area contributed by atoms with Crippen LogP contribution >= 0.6 is 11.6 Å². The van der Waals surface area contributed by atoms with Gasteiger partial charge in [-0.2, -0.15) is 20.0 Å². The van der Waals surface area contributed by atoms with Gasteiger partial charge in [0, 0.05) is 50.8 Å². The quantitative estimate of drug-likeness (QED) is 0.416. The van der Waals surface area contributed by atoms with Crippen LogP contribution in [0.5, 0.6) is 0 Å². The van der Waals surface area contributed by atoms with E-state index in [0.717, 1.165) is 31.6 Å². The third kappa shape index (κ3) is 4.60. The fourth-order valence-corrected chi connectivity index (χ4v) is 5.48. The van der Waals surface area contributed by atoms with Gasteiger partial charge in [0.2, 0.25) is 5.95 Å². The summed E-state index contributed by atoms with van der Waals surface area (Å²) >= 11 is 6.88. The number of likely N-dealkylation sites (tertiary alicyclic amines) is 1. The maximum absolute atomic E-state index is 11.3. The van der Waals surface area contributed by atoms with Crippen molar-refractivity contribution in [1.29, 1.82) is 10.5 Å². The summed E-state index contributed by atoms with van der Waals surface area (Å²) < 4.78 is 1.44. The molecule has 0 bridgehead atoms. The summed E-state index contributed by atoms with van der Waals surface area (Å²) in [6.07, 6.45) is 2.65. The number of carbonyl (C=O) groups is 1. The molecule has 2 aliphatic heterocycles. The van der Waals surface area contributed by atoms with E-state index in [1.54, 1.807) is 12.1 Å². The van der Waals surface area contributed by atoms with Crippen molar-refractivity contribution >= 4 is 46.5 Å². The fourth-order valence-electron chi connectivity index (χ4n) is 5.20. The average Bonchev–Trinajstić information content (AvgIpc) is 3.65. The maximum Gasteiger partial charge on any atom is 0.407 e. The molecule has 3 aromatic rings. The third-order valence-corrected chi connectivity index (χ3v) is 8.02. The van der Waals surface area contributed by atoms with E-state index < -0.39 is 6.09 Å². The lowest BCUT2D eigenvalue weighted by Crippen LogP contribution is -2.69. The Hall–Kier alpha value is -4.33. The average molecular weight is 548 g/mol. The molecule has 200 valence electrons. The van der Waals surface area contributed by atoms with E-state index in [9.17, 15) is 20.4 Å². The molecular formula is C25H26ClN11O2.